The highest BCUT2D eigenvalue weighted by molar-refractivity contribution is 5.55. The molecule has 1 heterocycles. The van der Waals surface area contributed by atoms with Gasteiger partial charge >= 0.3 is 6.18 Å². The first-order chi connectivity index (χ1) is 13.3. The van der Waals surface area contributed by atoms with Gasteiger partial charge in [0.1, 0.15) is 5.82 Å². The van der Waals surface area contributed by atoms with Crippen LogP contribution in [-0.2, 0) is 6.18 Å². The third kappa shape index (κ3) is 5.20. The van der Waals surface area contributed by atoms with E-state index in [-0.39, 0.29) is 6.54 Å². The summed E-state index contributed by atoms with van der Waals surface area (Å²) in [6.07, 6.45) is -3.81. The van der Waals surface area contributed by atoms with E-state index in [0.29, 0.717) is 17.3 Å². The first-order valence-corrected chi connectivity index (χ1v) is 8.57. The van der Waals surface area contributed by atoms with Crippen molar-refractivity contribution in [3.05, 3.63) is 77.5 Å². The van der Waals surface area contributed by atoms with Gasteiger partial charge in [-0.2, -0.15) is 18.2 Å². The number of aliphatic hydroxyl groups is 1. The van der Waals surface area contributed by atoms with E-state index in [2.05, 4.69) is 20.6 Å². The Morgan fingerprint density at radius 2 is 1.82 bits per heavy atom. The number of anilines is 3. The van der Waals surface area contributed by atoms with Crippen molar-refractivity contribution >= 4 is 17.5 Å². The van der Waals surface area contributed by atoms with Gasteiger partial charge in [-0.25, -0.2) is 4.98 Å². The summed E-state index contributed by atoms with van der Waals surface area (Å²) in [5.74, 6) is 0.871. The molecule has 1 unspecified atom stereocenters. The summed E-state index contributed by atoms with van der Waals surface area (Å²) in [5, 5.41) is 16.3. The fourth-order valence-corrected chi connectivity index (χ4v) is 2.58. The van der Waals surface area contributed by atoms with E-state index >= 15 is 0 Å². The summed E-state index contributed by atoms with van der Waals surface area (Å²) >= 11 is 0. The van der Waals surface area contributed by atoms with Gasteiger partial charge in [0.2, 0.25) is 5.95 Å². The minimum Gasteiger partial charge on any atom is -0.387 e. The van der Waals surface area contributed by atoms with Crippen LogP contribution in [-0.4, -0.2) is 21.6 Å². The van der Waals surface area contributed by atoms with E-state index in [4.69, 9.17) is 0 Å². The van der Waals surface area contributed by atoms with Gasteiger partial charge in [-0.05, 0) is 48.4 Å². The monoisotopic (exact) mass is 388 g/mol. The Bertz CT molecular complexity index is 929. The van der Waals surface area contributed by atoms with Crippen molar-refractivity contribution in [1.29, 1.82) is 0 Å². The third-order valence-corrected chi connectivity index (χ3v) is 4.03. The number of aliphatic hydroxyl groups excluding tert-OH is 1. The molecule has 28 heavy (non-hydrogen) atoms. The number of rotatable bonds is 6. The highest BCUT2D eigenvalue weighted by Crippen LogP contribution is 2.30. The lowest BCUT2D eigenvalue weighted by Gasteiger charge is -2.14. The molecule has 8 heteroatoms. The maximum atomic E-state index is 12.6. The predicted molar refractivity (Wildman–Crippen MR) is 101 cm³/mol. The quantitative estimate of drug-likeness (QED) is 0.571. The SMILES string of the molecule is Cc1cccc(Nc2nccc(NCC(O)c3ccc(C(F)(F)F)cc3)n2)c1. The highest BCUT2D eigenvalue weighted by atomic mass is 19.4. The van der Waals surface area contributed by atoms with Crippen LogP contribution < -0.4 is 10.6 Å². The van der Waals surface area contributed by atoms with Gasteiger partial charge in [0.25, 0.3) is 0 Å². The average molecular weight is 388 g/mol. The van der Waals surface area contributed by atoms with E-state index in [1.807, 2.05) is 31.2 Å². The molecule has 0 aliphatic rings. The maximum absolute atomic E-state index is 12.6. The lowest BCUT2D eigenvalue weighted by molar-refractivity contribution is -0.137. The zero-order valence-corrected chi connectivity index (χ0v) is 15.0. The molecule has 146 valence electrons. The average Bonchev–Trinajstić information content (AvgIpc) is 2.66. The highest BCUT2D eigenvalue weighted by Gasteiger charge is 2.30. The summed E-state index contributed by atoms with van der Waals surface area (Å²) in [6.45, 7) is 2.07. The molecule has 1 aromatic heterocycles. The summed E-state index contributed by atoms with van der Waals surface area (Å²) in [6, 6.07) is 13.8. The second-order valence-corrected chi connectivity index (χ2v) is 6.28. The Morgan fingerprint density at radius 3 is 2.50 bits per heavy atom. The number of alkyl halides is 3. The van der Waals surface area contributed by atoms with Crippen molar-refractivity contribution < 1.29 is 18.3 Å². The molecule has 0 fully saturated rings. The number of benzene rings is 2. The van der Waals surface area contributed by atoms with Crippen molar-refractivity contribution in [2.24, 2.45) is 0 Å². The van der Waals surface area contributed by atoms with E-state index in [1.165, 1.54) is 12.1 Å². The minimum atomic E-state index is -4.40. The van der Waals surface area contributed by atoms with Crippen molar-refractivity contribution in [3.63, 3.8) is 0 Å². The van der Waals surface area contributed by atoms with Crippen LogP contribution in [0.2, 0.25) is 0 Å². The van der Waals surface area contributed by atoms with Crippen LogP contribution in [0.15, 0.2) is 60.8 Å². The smallest absolute Gasteiger partial charge is 0.387 e. The first kappa shape index (κ1) is 19.6. The van der Waals surface area contributed by atoms with Crippen LogP contribution in [0.5, 0.6) is 0 Å². The topological polar surface area (TPSA) is 70.1 Å². The molecule has 0 aliphatic heterocycles. The zero-order chi connectivity index (χ0) is 20.1. The van der Waals surface area contributed by atoms with Gasteiger partial charge in [0, 0.05) is 18.4 Å². The predicted octanol–water partition coefficient (Wildman–Crippen LogP) is 4.69. The van der Waals surface area contributed by atoms with E-state index in [0.717, 1.165) is 23.4 Å². The fourth-order valence-electron chi connectivity index (χ4n) is 2.58. The van der Waals surface area contributed by atoms with Gasteiger partial charge in [0.15, 0.2) is 0 Å². The molecule has 0 saturated carbocycles. The molecular formula is C20H19F3N4O. The van der Waals surface area contributed by atoms with E-state index < -0.39 is 17.8 Å². The van der Waals surface area contributed by atoms with E-state index in [1.54, 1.807) is 12.3 Å². The van der Waals surface area contributed by atoms with Crippen molar-refractivity contribution in [2.75, 3.05) is 17.2 Å². The Kier molecular flexibility index (Phi) is 5.79. The molecule has 0 spiro atoms. The van der Waals surface area contributed by atoms with Crippen LogP contribution in [0.3, 0.4) is 0 Å². The third-order valence-electron chi connectivity index (χ3n) is 4.03. The second kappa shape index (κ2) is 8.26. The Labute approximate surface area is 160 Å². The molecule has 2 aromatic carbocycles. The molecule has 0 bridgehead atoms. The maximum Gasteiger partial charge on any atom is 0.416 e. The van der Waals surface area contributed by atoms with Crippen molar-refractivity contribution in [3.8, 4) is 0 Å². The largest absolute Gasteiger partial charge is 0.416 e. The van der Waals surface area contributed by atoms with Crippen LogP contribution in [0.25, 0.3) is 0 Å². The normalized spacial score (nSPS) is 12.5. The number of aryl methyl sites for hydroxylation is 1. The molecule has 0 aliphatic carbocycles. The van der Waals surface area contributed by atoms with Crippen LogP contribution in [0.1, 0.15) is 22.8 Å². The molecular weight excluding hydrogens is 369 g/mol. The summed E-state index contributed by atoms with van der Waals surface area (Å²) < 4.78 is 37.8. The Balaban J connectivity index is 1.61. The second-order valence-electron chi connectivity index (χ2n) is 6.28. The molecule has 0 radical (unpaired) electrons. The zero-order valence-electron chi connectivity index (χ0n) is 15.0. The molecule has 3 aromatic rings. The molecule has 1 atom stereocenters. The van der Waals surface area contributed by atoms with Gasteiger partial charge < -0.3 is 15.7 Å². The number of hydrogen-bond acceptors (Lipinski definition) is 5. The van der Waals surface area contributed by atoms with Gasteiger partial charge in [-0.1, -0.05) is 24.3 Å². The van der Waals surface area contributed by atoms with Crippen LogP contribution in [0, 0.1) is 6.92 Å². The standard InChI is InChI=1S/C20H19F3N4O/c1-13-3-2-4-16(11-13)26-19-24-10-9-18(27-19)25-12-17(28)14-5-7-15(8-6-14)20(21,22)23/h2-11,17,28H,12H2,1H3,(H2,24,25,26,27). The van der Waals surface area contributed by atoms with E-state index in [9.17, 15) is 18.3 Å². The van der Waals surface area contributed by atoms with Crippen LogP contribution >= 0.6 is 0 Å². The number of hydrogen-bond donors (Lipinski definition) is 3. The first-order valence-electron chi connectivity index (χ1n) is 8.57. The molecule has 0 saturated heterocycles. The lowest BCUT2D eigenvalue weighted by atomic mass is 10.1. The molecule has 3 rings (SSSR count). The summed E-state index contributed by atoms with van der Waals surface area (Å²) in [4.78, 5) is 8.47. The summed E-state index contributed by atoms with van der Waals surface area (Å²) in [7, 11) is 0. The minimum absolute atomic E-state index is 0.0895. The van der Waals surface area contributed by atoms with Gasteiger partial charge in [-0.3, -0.25) is 0 Å². The van der Waals surface area contributed by atoms with Gasteiger partial charge in [0.05, 0.1) is 11.7 Å². The van der Waals surface area contributed by atoms with Gasteiger partial charge in [-0.15, -0.1) is 0 Å². The number of aromatic nitrogens is 2. The summed E-state index contributed by atoms with van der Waals surface area (Å²) in [5.41, 5.74) is 1.58. The Hall–Kier alpha value is -3.13. The number of halogens is 3. The molecule has 5 nitrogen and oxygen atoms in total. The van der Waals surface area contributed by atoms with Crippen LogP contribution in [0.4, 0.5) is 30.6 Å². The van der Waals surface area contributed by atoms with Crippen molar-refractivity contribution in [1.82, 2.24) is 9.97 Å². The Morgan fingerprint density at radius 1 is 1.07 bits per heavy atom. The number of nitrogens with one attached hydrogen (secondary N) is 2. The lowest BCUT2D eigenvalue weighted by Crippen LogP contribution is -2.14. The molecule has 0 amide bonds. The van der Waals surface area contributed by atoms with Crippen molar-refractivity contribution in [2.45, 2.75) is 19.2 Å². The molecule has 3 N–H and O–H groups in total. The fraction of sp³-hybridized carbons (Fsp3) is 0.200. The number of nitrogens with zero attached hydrogens (tertiary/aromatic N) is 2.